The van der Waals surface area contributed by atoms with E-state index in [0.29, 0.717) is 10.2 Å². The Morgan fingerprint density at radius 2 is 1.95 bits per heavy atom. The monoisotopic (exact) mass is 379 g/mol. The molecule has 0 aliphatic carbocycles. The summed E-state index contributed by atoms with van der Waals surface area (Å²) in [6.45, 7) is 4.95. The number of hydrogen-bond acceptors (Lipinski definition) is 4. The van der Waals surface area contributed by atoms with Crippen LogP contribution in [0.3, 0.4) is 0 Å². The summed E-state index contributed by atoms with van der Waals surface area (Å²) in [4.78, 5) is 11.2. The third kappa shape index (κ3) is 4.42. The van der Waals surface area contributed by atoms with Crippen molar-refractivity contribution >= 4 is 31.9 Å². The third-order valence-electron chi connectivity index (χ3n) is 2.82. The molecular formula is C13H18BrNO5S. The minimum atomic E-state index is -3.95. The van der Waals surface area contributed by atoms with Crippen molar-refractivity contribution in [2.24, 2.45) is 5.41 Å². The molecule has 0 aliphatic heterocycles. The zero-order valence-electron chi connectivity index (χ0n) is 12.2. The van der Waals surface area contributed by atoms with Crippen LogP contribution in [0.15, 0.2) is 27.6 Å². The summed E-state index contributed by atoms with van der Waals surface area (Å²) in [7, 11) is -2.49. The van der Waals surface area contributed by atoms with Gasteiger partial charge >= 0.3 is 5.97 Å². The first-order chi connectivity index (χ1) is 9.49. The fourth-order valence-electron chi connectivity index (χ4n) is 1.64. The average molecular weight is 380 g/mol. The number of hydrogen-bond donors (Lipinski definition) is 2. The lowest BCUT2D eigenvalue weighted by Crippen LogP contribution is -2.48. The van der Waals surface area contributed by atoms with Gasteiger partial charge in [0.25, 0.3) is 0 Å². The van der Waals surface area contributed by atoms with Crippen molar-refractivity contribution in [1.82, 2.24) is 4.72 Å². The molecule has 2 N–H and O–H groups in total. The van der Waals surface area contributed by atoms with Gasteiger partial charge in [-0.1, -0.05) is 20.8 Å². The first kappa shape index (κ1) is 17.9. The van der Waals surface area contributed by atoms with Gasteiger partial charge in [-0.3, -0.25) is 4.79 Å². The fraction of sp³-hybridized carbons (Fsp3) is 0.462. The maximum absolute atomic E-state index is 12.3. The van der Waals surface area contributed by atoms with Crippen LogP contribution in [0, 0.1) is 5.41 Å². The summed E-state index contributed by atoms with van der Waals surface area (Å²) in [5.41, 5.74) is -0.761. The molecule has 8 heteroatoms. The number of aliphatic carboxylic acids is 1. The summed E-state index contributed by atoms with van der Waals surface area (Å²) in [6.07, 6.45) is 0. The largest absolute Gasteiger partial charge is 0.496 e. The molecule has 0 heterocycles. The van der Waals surface area contributed by atoms with Gasteiger partial charge in [-0.2, -0.15) is 4.72 Å². The SMILES string of the molecule is COc1ccc(S(=O)(=O)NC(C(=O)O)C(C)(C)C)cc1Br. The lowest BCUT2D eigenvalue weighted by molar-refractivity contribution is -0.141. The number of carboxylic acids is 1. The number of nitrogens with one attached hydrogen (secondary N) is 1. The van der Waals surface area contributed by atoms with Crippen molar-refractivity contribution in [1.29, 1.82) is 0 Å². The number of ether oxygens (including phenoxy) is 1. The van der Waals surface area contributed by atoms with Gasteiger partial charge in [-0.05, 0) is 39.5 Å². The van der Waals surface area contributed by atoms with Gasteiger partial charge in [0.1, 0.15) is 11.8 Å². The smallest absolute Gasteiger partial charge is 0.322 e. The van der Waals surface area contributed by atoms with Gasteiger partial charge < -0.3 is 9.84 Å². The van der Waals surface area contributed by atoms with E-state index in [0.717, 1.165) is 0 Å². The Morgan fingerprint density at radius 3 is 2.33 bits per heavy atom. The molecule has 6 nitrogen and oxygen atoms in total. The highest BCUT2D eigenvalue weighted by Crippen LogP contribution is 2.28. The summed E-state index contributed by atoms with van der Waals surface area (Å²) >= 11 is 3.20. The number of carbonyl (C=O) groups is 1. The Kier molecular flexibility index (Phi) is 5.40. The van der Waals surface area contributed by atoms with E-state index in [2.05, 4.69) is 20.7 Å². The Labute approximate surface area is 132 Å². The molecule has 1 aromatic rings. The fourth-order valence-corrected chi connectivity index (χ4v) is 3.75. The highest BCUT2D eigenvalue weighted by Gasteiger charge is 2.35. The molecule has 118 valence electrons. The maximum Gasteiger partial charge on any atom is 0.322 e. The van der Waals surface area contributed by atoms with E-state index in [1.165, 1.54) is 25.3 Å². The van der Waals surface area contributed by atoms with Gasteiger partial charge in [0.05, 0.1) is 16.5 Å². The summed E-state index contributed by atoms with van der Waals surface area (Å²) in [6, 6.07) is 2.98. The van der Waals surface area contributed by atoms with Crippen LogP contribution in [0.2, 0.25) is 0 Å². The highest BCUT2D eigenvalue weighted by molar-refractivity contribution is 9.10. The molecule has 0 saturated carbocycles. The van der Waals surface area contributed by atoms with E-state index in [-0.39, 0.29) is 4.90 Å². The molecule has 21 heavy (non-hydrogen) atoms. The second-order valence-electron chi connectivity index (χ2n) is 5.55. The van der Waals surface area contributed by atoms with Crippen LogP contribution in [0.1, 0.15) is 20.8 Å². The van der Waals surface area contributed by atoms with Crippen LogP contribution < -0.4 is 9.46 Å². The van der Waals surface area contributed by atoms with Gasteiger partial charge in [0, 0.05) is 0 Å². The molecule has 0 aliphatic rings. The van der Waals surface area contributed by atoms with Gasteiger partial charge in [0.2, 0.25) is 10.0 Å². The van der Waals surface area contributed by atoms with E-state index in [4.69, 9.17) is 4.74 Å². The lowest BCUT2D eigenvalue weighted by atomic mass is 9.88. The van der Waals surface area contributed by atoms with Crippen LogP contribution in [0.5, 0.6) is 5.75 Å². The minimum absolute atomic E-state index is 0.0364. The number of sulfonamides is 1. The first-order valence-electron chi connectivity index (χ1n) is 6.07. The van der Waals surface area contributed by atoms with E-state index in [1.807, 2.05) is 0 Å². The molecule has 0 radical (unpaired) electrons. The third-order valence-corrected chi connectivity index (χ3v) is 4.86. The van der Waals surface area contributed by atoms with Gasteiger partial charge in [-0.15, -0.1) is 0 Å². The molecule has 0 saturated heterocycles. The molecule has 0 spiro atoms. The zero-order chi connectivity index (χ0) is 16.4. The predicted octanol–water partition coefficient (Wildman–Crippen LogP) is 2.24. The second kappa shape index (κ2) is 6.33. The number of carboxylic acid groups (broad SMARTS) is 1. The molecule has 1 atom stereocenters. The van der Waals surface area contributed by atoms with Crippen LogP contribution in [-0.2, 0) is 14.8 Å². The molecule has 1 rings (SSSR count). The molecule has 0 amide bonds. The highest BCUT2D eigenvalue weighted by atomic mass is 79.9. The second-order valence-corrected chi connectivity index (χ2v) is 8.12. The van der Waals surface area contributed by atoms with Crippen molar-refractivity contribution in [3.05, 3.63) is 22.7 Å². The normalized spacial score (nSPS) is 13.8. The van der Waals surface area contributed by atoms with E-state index >= 15 is 0 Å². The summed E-state index contributed by atoms with van der Waals surface area (Å²) in [5.74, 6) is -0.738. The zero-order valence-corrected chi connectivity index (χ0v) is 14.6. The molecule has 1 aromatic carbocycles. The van der Waals surface area contributed by atoms with Crippen LogP contribution in [-0.4, -0.2) is 32.6 Å². The van der Waals surface area contributed by atoms with Crippen molar-refractivity contribution in [3.63, 3.8) is 0 Å². The quantitative estimate of drug-likeness (QED) is 0.817. The topological polar surface area (TPSA) is 92.7 Å². The number of benzene rings is 1. The minimum Gasteiger partial charge on any atom is -0.496 e. The van der Waals surface area contributed by atoms with E-state index in [1.54, 1.807) is 20.8 Å². The van der Waals surface area contributed by atoms with Crippen molar-refractivity contribution < 1.29 is 23.1 Å². The first-order valence-corrected chi connectivity index (χ1v) is 8.35. The molecule has 0 bridgehead atoms. The number of rotatable bonds is 5. The molecule has 0 aromatic heterocycles. The lowest BCUT2D eigenvalue weighted by Gasteiger charge is -2.27. The summed E-state index contributed by atoms with van der Waals surface area (Å²) < 4.78 is 32.3. The van der Waals surface area contributed by atoms with Crippen molar-refractivity contribution in [2.75, 3.05) is 7.11 Å². The average Bonchev–Trinajstić information content (AvgIpc) is 2.34. The Bertz CT molecular complexity index is 636. The van der Waals surface area contributed by atoms with Crippen molar-refractivity contribution in [2.45, 2.75) is 31.7 Å². The predicted molar refractivity (Wildman–Crippen MR) is 81.9 cm³/mol. The Balaban J connectivity index is 3.17. The molecule has 0 fully saturated rings. The summed E-state index contributed by atoms with van der Waals surface area (Å²) in [5, 5.41) is 9.20. The van der Waals surface area contributed by atoms with Crippen molar-refractivity contribution in [3.8, 4) is 5.75 Å². The number of halogens is 1. The Morgan fingerprint density at radius 1 is 1.38 bits per heavy atom. The van der Waals surface area contributed by atoms with E-state index in [9.17, 15) is 18.3 Å². The number of methoxy groups -OCH3 is 1. The van der Waals surface area contributed by atoms with Crippen LogP contribution in [0.25, 0.3) is 0 Å². The van der Waals surface area contributed by atoms with Gasteiger partial charge in [-0.25, -0.2) is 8.42 Å². The standard InChI is InChI=1S/C13H18BrNO5S/c1-13(2,3)11(12(16)17)15-21(18,19)8-5-6-10(20-4)9(14)7-8/h5-7,11,15H,1-4H3,(H,16,17). The maximum atomic E-state index is 12.3. The molecular weight excluding hydrogens is 362 g/mol. The van der Waals surface area contributed by atoms with Gasteiger partial charge in [0.15, 0.2) is 0 Å². The Hall–Kier alpha value is -1.12. The van der Waals surface area contributed by atoms with E-state index < -0.39 is 27.4 Å². The van der Waals surface area contributed by atoms with Crippen LogP contribution in [0.4, 0.5) is 0 Å². The molecule has 1 unspecified atom stereocenters. The van der Waals surface area contributed by atoms with Crippen LogP contribution >= 0.6 is 15.9 Å².